The Labute approximate surface area is 85.7 Å². The van der Waals surface area contributed by atoms with Gasteiger partial charge in [0.05, 0.1) is 0 Å². The second kappa shape index (κ2) is 4.86. The van der Waals surface area contributed by atoms with E-state index in [-0.39, 0.29) is 0 Å². The summed E-state index contributed by atoms with van der Waals surface area (Å²) in [7, 11) is 0. The lowest BCUT2D eigenvalue weighted by molar-refractivity contribution is 0.143. The lowest BCUT2D eigenvalue weighted by Gasteiger charge is -2.05. The van der Waals surface area contributed by atoms with Gasteiger partial charge < -0.3 is 10.2 Å². The molecule has 2 nitrogen and oxygen atoms in total. The molecule has 0 unspecified atom stereocenters. The second-order valence-electron chi connectivity index (χ2n) is 3.99. The zero-order valence-corrected chi connectivity index (χ0v) is 9.05. The summed E-state index contributed by atoms with van der Waals surface area (Å²) < 4.78 is 0. The van der Waals surface area contributed by atoms with Crippen molar-refractivity contribution in [1.29, 1.82) is 0 Å². The molecule has 0 aromatic heterocycles. The molecule has 0 rings (SSSR count). The third kappa shape index (κ3) is 10.8. The van der Waals surface area contributed by atoms with Gasteiger partial charge >= 0.3 is 0 Å². The first kappa shape index (κ1) is 12.8. The average molecular weight is 192 g/mol. The first-order valence-corrected chi connectivity index (χ1v) is 4.36. The first-order valence-electron chi connectivity index (χ1n) is 4.36. The summed E-state index contributed by atoms with van der Waals surface area (Å²) in [6.45, 7) is 6.43. The standard InChI is InChI=1S/C12H16O2/c1-11(2,13)9-7-5-6-8-10-12(3,4)14/h5-6,13-14H,1-4H3/b6-5-. The van der Waals surface area contributed by atoms with Crippen LogP contribution in [0.4, 0.5) is 0 Å². The minimum atomic E-state index is -0.978. The Kier molecular flexibility index (Phi) is 4.44. The molecular formula is C12H16O2. The second-order valence-corrected chi connectivity index (χ2v) is 3.99. The number of rotatable bonds is 0. The van der Waals surface area contributed by atoms with Gasteiger partial charge in [-0.05, 0) is 39.8 Å². The van der Waals surface area contributed by atoms with Crippen LogP contribution < -0.4 is 0 Å². The van der Waals surface area contributed by atoms with Crippen LogP contribution in [0.25, 0.3) is 0 Å². The monoisotopic (exact) mass is 192 g/mol. The highest BCUT2D eigenvalue weighted by Crippen LogP contribution is 1.97. The Bertz CT molecular complexity index is 282. The first-order chi connectivity index (χ1) is 6.21. The Hall–Kier alpha value is -1.22. The summed E-state index contributed by atoms with van der Waals surface area (Å²) in [5.74, 6) is 10.5. The molecule has 0 aliphatic heterocycles. The van der Waals surface area contributed by atoms with Gasteiger partial charge in [0, 0.05) is 0 Å². The van der Waals surface area contributed by atoms with Crippen molar-refractivity contribution in [2.45, 2.75) is 38.9 Å². The van der Waals surface area contributed by atoms with Crippen molar-refractivity contribution in [2.75, 3.05) is 0 Å². The predicted molar refractivity (Wildman–Crippen MR) is 57.3 cm³/mol. The van der Waals surface area contributed by atoms with E-state index >= 15 is 0 Å². The van der Waals surface area contributed by atoms with Gasteiger partial charge in [0.2, 0.25) is 0 Å². The van der Waals surface area contributed by atoms with E-state index in [2.05, 4.69) is 23.7 Å². The summed E-state index contributed by atoms with van der Waals surface area (Å²) in [5.41, 5.74) is -1.96. The van der Waals surface area contributed by atoms with Gasteiger partial charge in [0.15, 0.2) is 0 Å². The Morgan fingerprint density at radius 1 is 0.786 bits per heavy atom. The lowest BCUT2D eigenvalue weighted by Crippen LogP contribution is -2.14. The number of hydrogen-bond donors (Lipinski definition) is 2. The molecule has 2 heteroatoms. The Morgan fingerprint density at radius 2 is 1.07 bits per heavy atom. The molecule has 0 aliphatic rings. The zero-order valence-electron chi connectivity index (χ0n) is 9.05. The van der Waals surface area contributed by atoms with E-state index < -0.39 is 11.2 Å². The Balaban J connectivity index is 4.20. The quantitative estimate of drug-likeness (QED) is 0.564. The molecule has 0 fully saturated rings. The van der Waals surface area contributed by atoms with Crippen molar-refractivity contribution in [3.63, 3.8) is 0 Å². The van der Waals surface area contributed by atoms with E-state index in [9.17, 15) is 10.2 Å². The fourth-order valence-electron chi connectivity index (χ4n) is 0.520. The molecule has 0 aromatic rings. The summed E-state index contributed by atoms with van der Waals surface area (Å²) in [4.78, 5) is 0. The van der Waals surface area contributed by atoms with Crippen LogP contribution in [-0.4, -0.2) is 21.4 Å². The van der Waals surface area contributed by atoms with Crippen LogP contribution in [0.5, 0.6) is 0 Å². The van der Waals surface area contributed by atoms with Crippen molar-refractivity contribution in [1.82, 2.24) is 0 Å². The number of allylic oxidation sites excluding steroid dienone is 2. The summed E-state index contributed by atoms with van der Waals surface area (Å²) >= 11 is 0. The SMILES string of the molecule is CC(C)(O)C#C/C=C\C#CC(C)(C)O. The van der Waals surface area contributed by atoms with E-state index in [1.165, 1.54) is 12.2 Å². The van der Waals surface area contributed by atoms with Gasteiger partial charge in [-0.2, -0.15) is 0 Å². The van der Waals surface area contributed by atoms with Gasteiger partial charge in [0.1, 0.15) is 11.2 Å². The molecule has 0 aromatic carbocycles. The van der Waals surface area contributed by atoms with E-state index in [4.69, 9.17) is 0 Å². The van der Waals surface area contributed by atoms with Crippen LogP contribution in [0.15, 0.2) is 12.2 Å². The maximum absolute atomic E-state index is 9.22. The van der Waals surface area contributed by atoms with Gasteiger partial charge in [0.25, 0.3) is 0 Å². The number of hydrogen-bond acceptors (Lipinski definition) is 2. The average Bonchev–Trinajstić information content (AvgIpc) is 1.92. The van der Waals surface area contributed by atoms with Crippen LogP contribution in [0.3, 0.4) is 0 Å². The van der Waals surface area contributed by atoms with E-state index in [0.717, 1.165) is 0 Å². The van der Waals surface area contributed by atoms with Crippen LogP contribution in [0, 0.1) is 23.7 Å². The highest BCUT2D eigenvalue weighted by Gasteiger charge is 2.05. The Morgan fingerprint density at radius 3 is 1.29 bits per heavy atom. The van der Waals surface area contributed by atoms with Crippen molar-refractivity contribution < 1.29 is 10.2 Å². The molecule has 2 N–H and O–H groups in total. The van der Waals surface area contributed by atoms with Gasteiger partial charge in [-0.3, -0.25) is 0 Å². The molecule has 0 aliphatic carbocycles. The molecule has 0 bridgehead atoms. The van der Waals surface area contributed by atoms with Crippen LogP contribution >= 0.6 is 0 Å². The highest BCUT2D eigenvalue weighted by molar-refractivity contribution is 5.28. The molecule has 0 heterocycles. The molecule has 0 saturated carbocycles. The van der Waals surface area contributed by atoms with E-state index in [1.807, 2.05) is 0 Å². The lowest BCUT2D eigenvalue weighted by atomic mass is 10.1. The fraction of sp³-hybridized carbons (Fsp3) is 0.500. The number of aliphatic hydroxyl groups is 2. The minimum absolute atomic E-state index is 0.978. The van der Waals surface area contributed by atoms with Crippen molar-refractivity contribution >= 4 is 0 Å². The van der Waals surface area contributed by atoms with E-state index in [1.54, 1.807) is 27.7 Å². The van der Waals surface area contributed by atoms with Crippen molar-refractivity contribution in [3.8, 4) is 23.7 Å². The van der Waals surface area contributed by atoms with Crippen LogP contribution in [0.2, 0.25) is 0 Å². The molecule has 0 amide bonds. The van der Waals surface area contributed by atoms with Gasteiger partial charge in [-0.1, -0.05) is 23.7 Å². The molecular weight excluding hydrogens is 176 g/mol. The molecule has 76 valence electrons. The smallest absolute Gasteiger partial charge is 0.120 e. The summed E-state index contributed by atoms with van der Waals surface area (Å²) in [6, 6.07) is 0. The third-order valence-electron chi connectivity index (χ3n) is 1.01. The normalized spacial score (nSPS) is 11.6. The zero-order chi connectivity index (χ0) is 11.2. The summed E-state index contributed by atoms with van der Waals surface area (Å²) in [6.07, 6.45) is 3.08. The largest absolute Gasteiger partial charge is 0.378 e. The molecule has 0 atom stereocenters. The van der Waals surface area contributed by atoms with Gasteiger partial charge in [-0.25, -0.2) is 0 Å². The van der Waals surface area contributed by atoms with Crippen molar-refractivity contribution in [3.05, 3.63) is 12.2 Å². The van der Waals surface area contributed by atoms with Crippen LogP contribution in [-0.2, 0) is 0 Å². The van der Waals surface area contributed by atoms with Gasteiger partial charge in [-0.15, -0.1) is 0 Å². The van der Waals surface area contributed by atoms with E-state index in [0.29, 0.717) is 0 Å². The minimum Gasteiger partial charge on any atom is -0.378 e. The predicted octanol–water partition coefficient (Wildman–Crippen LogP) is 1.09. The van der Waals surface area contributed by atoms with Crippen LogP contribution in [0.1, 0.15) is 27.7 Å². The maximum Gasteiger partial charge on any atom is 0.120 e. The molecule has 0 saturated heterocycles. The third-order valence-corrected chi connectivity index (χ3v) is 1.01. The van der Waals surface area contributed by atoms with Crippen molar-refractivity contribution in [2.24, 2.45) is 0 Å². The molecule has 14 heavy (non-hydrogen) atoms. The maximum atomic E-state index is 9.22. The highest BCUT2D eigenvalue weighted by atomic mass is 16.3. The molecule has 0 spiro atoms. The molecule has 0 radical (unpaired) electrons. The summed E-state index contributed by atoms with van der Waals surface area (Å²) in [5, 5.41) is 18.4. The fourth-order valence-corrected chi connectivity index (χ4v) is 0.520. The topological polar surface area (TPSA) is 40.5 Å².